The maximum Gasteiger partial charge on any atom is 0.147 e. The van der Waals surface area contributed by atoms with Gasteiger partial charge in [0, 0.05) is 38.4 Å². The maximum absolute atomic E-state index is 6.87. The molecule has 3 nitrogen and oxygen atoms in total. The fourth-order valence-corrected chi connectivity index (χ4v) is 10.1. The molecule has 0 saturated heterocycles. The summed E-state index contributed by atoms with van der Waals surface area (Å²) in [6.45, 7) is 0. The van der Waals surface area contributed by atoms with Crippen LogP contribution in [-0.4, -0.2) is 4.57 Å². The summed E-state index contributed by atoms with van der Waals surface area (Å²) >= 11 is 0. The summed E-state index contributed by atoms with van der Waals surface area (Å²) in [5.74, 6) is 0.841. The number of nitrogens with zero attached hydrogens (tertiary/aromatic N) is 1. The number of furan rings is 2. The fraction of sp³-hybridized carbons (Fsp3) is 0. The third-order valence-corrected chi connectivity index (χ3v) is 12.6. The highest BCUT2D eigenvalue weighted by molar-refractivity contribution is 6.27. The Hall–Kier alpha value is -8.14. The van der Waals surface area contributed by atoms with E-state index in [0.717, 1.165) is 66.6 Å². The molecule has 61 heavy (non-hydrogen) atoms. The molecule has 0 saturated carbocycles. The molecule has 0 aliphatic carbocycles. The van der Waals surface area contributed by atoms with E-state index >= 15 is 0 Å². The molecule has 284 valence electrons. The molecule has 0 N–H and O–H groups in total. The number of hydrogen-bond acceptors (Lipinski definition) is 2. The van der Waals surface area contributed by atoms with Crippen LogP contribution in [0.15, 0.2) is 221 Å². The lowest BCUT2D eigenvalue weighted by atomic mass is 9.84. The molecular weight excluding hydrogens is 743 g/mol. The second-order valence-electron chi connectivity index (χ2n) is 15.9. The van der Waals surface area contributed by atoms with E-state index in [4.69, 9.17) is 8.83 Å². The van der Waals surface area contributed by atoms with Gasteiger partial charge >= 0.3 is 0 Å². The van der Waals surface area contributed by atoms with Crippen molar-refractivity contribution >= 4 is 76.3 Å². The molecule has 0 aliphatic heterocycles. The average Bonchev–Trinajstić information content (AvgIpc) is 4.01. The van der Waals surface area contributed by atoms with Gasteiger partial charge in [-0.15, -0.1) is 0 Å². The van der Waals surface area contributed by atoms with Gasteiger partial charge in [0.15, 0.2) is 0 Å². The molecule has 0 aliphatic rings. The van der Waals surface area contributed by atoms with Gasteiger partial charge in [0.2, 0.25) is 0 Å². The van der Waals surface area contributed by atoms with Crippen LogP contribution >= 0.6 is 0 Å². The second kappa shape index (κ2) is 13.2. The van der Waals surface area contributed by atoms with Crippen LogP contribution in [-0.2, 0) is 0 Å². The van der Waals surface area contributed by atoms with E-state index in [9.17, 15) is 0 Å². The maximum atomic E-state index is 6.87. The molecule has 3 heteroatoms. The monoisotopic (exact) mass is 777 g/mol. The fourth-order valence-electron chi connectivity index (χ4n) is 10.1. The smallest absolute Gasteiger partial charge is 0.147 e. The van der Waals surface area contributed by atoms with Crippen molar-refractivity contribution in [2.24, 2.45) is 0 Å². The quantitative estimate of drug-likeness (QED) is 0.163. The van der Waals surface area contributed by atoms with Gasteiger partial charge in [0.1, 0.15) is 22.5 Å². The number of aromatic nitrogens is 1. The van der Waals surface area contributed by atoms with Crippen LogP contribution in [0.25, 0.3) is 127 Å². The van der Waals surface area contributed by atoms with Crippen molar-refractivity contribution in [1.29, 1.82) is 0 Å². The molecule has 10 aromatic carbocycles. The van der Waals surface area contributed by atoms with Crippen LogP contribution in [0, 0.1) is 0 Å². The van der Waals surface area contributed by atoms with E-state index in [-0.39, 0.29) is 0 Å². The molecule has 0 atom stereocenters. The Kier molecular flexibility index (Phi) is 7.31. The van der Waals surface area contributed by atoms with Crippen LogP contribution in [0.2, 0.25) is 0 Å². The van der Waals surface area contributed by atoms with Crippen LogP contribution in [0.4, 0.5) is 0 Å². The molecular formula is C58H35NO2. The van der Waals surface area contributed by atoms with Crippen molar-refractivity contribution in [3.05, 3.63) is 212 Å². The first-order valence-corrected chi connectivity index (χ1v) is 20.8. The van der Waals surface area contributed by atoms with Gasteiger partial charge in [-0.3, -0.25) is 0 Å². The molecule has 0 bridgehead atoms. The molecule has 0 unspecified atom stereocenters. The van der Waals surface area contributed by atoms with Gasteiger partial charge in [-0.05, 0) is 97.9 Å². The zero-order valence-electron chi connectivity index (χ0n) is 33.0. The van der Waals surface area contributed by atoms with Crippen molar-refractivity contribution in [3.63, 3.8) is 0 Å². The van der Waals surface area contributed by atoms with E-state index < -0.39 is 0 Å². The Bertz CT molecular complexity index is 3800. The van der Waals surface area contributed by atoms with Crippen molar-refractivity contribution in [3.8, 4) is 50.4 Å². The third-order valence-electron chi connectivity index (χ3n) is 12.6. The molecule has 13 rings (SSSR count). The first-order chi connectivity index (χ1) is 30.3. The minimum atomic E-state index is 0.805. The molecule has 0 fully saturated rings. The van der Waals surface area contributed by atoms with Crippen molar-refractivity contribution < 1.29 is 8.83 Å². The topological polar surface area (TPSA) is 31.2 Å². The lowest BCUT2D eigenvalue weighted by Gasteiger charge is -2.18. The summed E-state index contributed by atoms with van der Waals surface area (Å²) in [4.78, 5) is 0. The SMILES string of the molecule is c1ccc(-c2oc3ccc4c5cc(-c6c7ccccc7c(-c7cccc8c7c7ccccc7n8-c7ccccc7)c7ccccc67)ccc5oc4c3c2-c2ccccc2)cc1. The lowest BCUT2D eigenvalue weighted by Crippen LogP contribution is -1.93. The van der Waals surface area contributed by atoms with Crippen molar-refractivity contribution in [2.45, 2.75) is 0 Å². The minimum absolute atomic E-state index is 0.805. The van der Waals surface area contributed by atoms with Gasteiger partial charge in [0.05, 0.1) is 16.4 Å². The number of rotatable bonds is 5. The Labute approximate surface area is 350 Å². The van der Waals surface area contributed by atoms with E-state index in [2.05, 4.69) is 211 Å². The van der Waals surface area contributed by atoms with E-state index in [1.807, 2.05) is 6.07 Å². The van der Waals surface area contributed by atoms with Crippen LogP contribution in [0.1, 0.15) is 0 Å². The largest absolute Gasteiger partial charge is 0.455 e. The van der Waals surface area contributed by atoms with Gasteiger partial charge in [-0.2, -0.15) is 0 Å². The summed E-state index contributed by atoms with van der Waals surface area (Å²) < 4.78 is 16.0. The summed E-state index contributed by atoms with van der Waals surface area (Å²) in [7, 11) is 0. The standard InChI is InChI=1S/C58H35NO2/c1-4-17-36(18-5-1)53-56-51(61-57(53)37-19-6-2-7-20-37)34-32-44-47-35-38(31-33-50(47)60-58(44)56)52-40-23-10-12-25-42(40)54(43-26-13-11-24-41(43)52)46-28-16-30-49-55(46)45-27-14-15-29-48(45)59(49)39-21-8-3-9-22-39/h1-35H. The molecule has 3 heterocycles. The second-order valence-corrected chi connectivity index (χ2v) is 15.9. The molecule has 0 radical (unpaired) electrons. The molecule has 0 spiro atoms. The summed E-state index contributed by atoms with van der Waals surface area (Å²) in [6.07, 6.45) is 0. The molecule has 0 amide bonds. The van der Waals surface area contributed by atoms with Gasteiger partial charge < -0.3 is 13.4 Å². The van der Waals surface area contributed by atoms with Crippen molar-refractivity contribution in [2.75, 3.05) is 0 Å². The third kappa shape index (κ3) is 4.98. The van der Waals surface area contributed by atoms with Crippen LogP contribution in [0.5, 0.6) is 0 Å². The Morgan fingerprint density at radius 1 is 0.311 bits per heavy atom. The highest BCUT2D eigenvalue weighted by Crippen LogP contribution is 2.49. The first-order valence-electron chi connectivity index (χ1n) is 20.8. The predicted molar refractivity (Wildman–Crippen MR) is 255 cm³/mol. The Balaban J connectivity index is 1.07. The molecule has 13 aromatic rings. The average molecular weight is 778 g/mol. The summed E-state index contributed by atoms with van der Waals surface area (Å²) in [6, 6.07) is 76.0. The highest BCUT2D eigenvalue weighted by atomic mass is 16.3. The zero-order valence-corrected chi connectivity index (χ0v) is 33.0. The van der Waals surface area contributed by atoms with E-state index in [0.29, 0.717) is 0 Å². The number of hydrogen-bond donors (Lipinski definition) is 0. The van der Waals surface area contributed by atoms with Crippen LogP contribution < -0.4 is 0 Å². The Morgan fingerprint density at radius 3 is 1.59 bits per heavy atom. The van der Waals surface area contributed by atoms with Gasteiger partial charge in [0.25, 0.3) is 0 Å². The van der Waals surface area contributed by atoms with Crippen LogP contribution in [0.3, 0.4) is 0 Å². The number of para-hydroxylation sites is 2. The van der Waals surface area contributed by atoms with Gasteiger partial charge in [-0.1, -0.05) is 164 Å². The van der Waals surface area contributed by atoms with E-state index in [1.54, 1.807) is 0 Å². The number of benzene rings is 10. The minimum Gasteiger partial charge on any atom is -0.455 e. The zero-order chi connectivity index (χ0) is 40.0. The highest BCUT2D eigenvalue weighted by Gasteiger charge is 2.25. The van der Waals surface area contributed by atoms with E-state index in [1.165, 1.54) is 60.0 Å². The first kappa shape index (κ1) is 33.8. The number of fused-ring (bicyclic) bond motifs is 10. The predicted octanol–water partition coefficient (Wildman–Crippen LogP) is 16.4. The van der Waals surface area contributed by atoms with Crippen molar-refractivity contribution in [1.82, 2.24) is 4.57 Å². The van der Waals surface area contributed by atoms with Gasteiger partial charge in [-0.25, -0.2) is 0 Å². The lowest BCUT2D eigenvalue weighted by molar-refractivity contribution is 0.631. The normalized spacial score (nSPS) is 11.9. The molecule has 3 aromatic heterocycles. The summed E-state index contributed by atoms with van der Waals surface area (Å²) in [5.41, 5.74) is 14.0. The summed E-state index contributed by atoms with van der Waals surface area (Å²) in [5, 5.41) is 10.5. The Morgan fingerprint density at radius 2 is 0.885 bits per heavy atom.